The molecule has 2 amide bonds. The Morgan fingerprint density at radius 3 is 2.19 bits per heavy atom. The van der Waals surface area contributed by atoms with Crippen LogP contribution in [0, 0.1) is 5.82 Å². The number of benzene rings is 2. The average Bonchev–Trinajstić information content (AvgIpc) is 3.05. The number of anilines is 1. The van der Waals surface area contributed by atoms with E-state index >= 15 is 0 Å². The molecule has 4 rings (SSSR count). The molecule has 0 aliphatic carbocycles. The van der Waals surface area contributed by atoms with E-state index in [1.165, 1.54) is 18.2 Å². The summed E-state index contributed by atoms with van der Waals surface area (Å²) in [5.41, 5.74) is 1.24. The molecular formula is C24H26FN3O3. The van der Waals surface area contributed by atoms with Crippen molar-refractivity contribution in [2.24, 2.45) is 0 Å². The maximum absolute atomic E-state index is 14.5. The standard InChI is InChI=1S/C24H26FN3O3/c1-3-26-13-15-27(16-14-26)22-21(17-9-11-18(12-10-17)31-4-2)23(29)28(24(22)30)20-8-6-5-7-19(20)25/h5-12H,3-4,13-16H2,1-2H3. The van der Waals surface area contributed by atoms with Crippen LogP contribution < -0.4 is 9.64 Å². The van der Waals surface area contributed by atoms with Crippen LogP contribution >= 0.6 is 0 Å². The zero-order valence-electron chi connectivity index (χ0n) is 17.8. The summed E-state index contributed by atoms with van der Waals surface area (Å²) in [5, 5.41) is 0. The van der Waals surface area contributed by atoms with Gasteiger partial charge in [0.25, 0.3) is 11.8 Å². The molecule has 2 aliphatic heterocycles. The second kappa shape index (κ2) is 8.89. The van der Waals surface area contributed by atoms with Gasteiger partial charge < -0.3 is 14.5 Å². The molecule has 0 saturated carbocycles. The maximum Gasteiger partial charge on any atom is 0.282 e. The SMILES string of the molecule is CCOc1ccc(C2=C(N3CCN(CC)CC3)C(=O)N(c3ccccc3F)C2=O)cc1. The van der Waals surface area contributed by atoms with Crippen LogP contribution in [0.2, 0.25) is 0 Å². The lowest BCUT2D eigenvalue weighted by atomic mass is 10.0. The van der Waals surface area contributed by atoms with Gasteiger partial charge in [0.1, 0.15) is 17.3 Å². The van der Waals surface area contributed by atoms with Crippen molar-refractivity contribution in [2.45, 2.75) is 13.8 Å². The largest absolute Gasteiger partial charge is 0.494 e. The Morgan fingerprint density at radius 1 is 0.903 bits per heavy atom. The first kappa shape index (κ1) is 21.1. The number of ether oxygens (including phenoxy) is 1. The van der Waals surface area contributed by atoms with Gasteiger partial charge in [-0.3, -0.25) is 9.59 Å². The number of halogens is 1. The molecule has 0 bridgehead atoms. The normalized spacial score (nSPS) is 17.6. The molecule has 0 aromatic heterocycles. The van der Waals surface area contributed by atoms with Crippen LogP contribution in [0.25, 0.3) is 5.57 Å². The Labute approximate surface area is 181 Å². The summed E-state index contributed by atoms with van der Waals surface area (Å²) in [5.74, 6) is -0.906. The summed E-state index contributed by atoms with van der Waals surface area (Å²) in [6.07, 6.45) is 0. The smallest absolute Gasteiger partial charge is 0.282 e. The van der Waals surface area contributed by atoms with Gasteiger partial charge in [0.15, 0.2) is 0 Å². The second-order valence-corrected chi connectivity index (χ2v) is 7.50. The van der Waals surface area contributed by atoms with E-state index in [0.717, 1.165) is 24.5 Å². The number of nitrogens with zero attached hydrogens (tertiary/aromatic N) is 3. The van der Waals surface area contributed by atoms with Crippen LogP contribution in [0.15, 0.2) is 54.2 Å². The zero-order chi connectivity index (χ0) is 22.0. The third-order valence-electron chi connectivity index (χ3n) is 5.74. The third-order valence-corrected chi connectivity index (χ3v) is 5.74. The summed E-state index contributed by atoms with van der Waals surface area (Å²) in [7, 11) is 0. The molecule has 7 heteroatoms. The zero-order valence-corrected chi connectivity index (χ0v) is 17.8. The van der Waals surface area contributed by atoms with Gasteiger partial charge in [0.05, 0.1) is 17.9 Å². The van der Waals surface area contributed by atoms with E-state index in [1.54, 1.807) is 30.3 Å². The van der Waals surface area contributed by atoms with Crippen LogP contribution in [-0.4, -0.2) is 60.9 Å². The Balaban J connectivity index is 1.76. The average molecular weight is 423 g/mol. The first-order chi connectivity index (χ1) is 15.0. The van der Waals surface area contributed by atoms with Crippen molar-refractivity contribution in [3.63, 3.8) is 0 Å². The van der Waals surface area contributed by atoms with Crippen molar-refractivity contribution in [2.75, 3.05) is 44.2 Å². The number of piperazine rings is 1. The maximum atomic E-state index is 14.5. The molecule has 2 aromatic carbocycles. The molecule has 31 heavy (non-hydrogen) atoms. The van der Waals surface area contributed by atoms with E-state index in [0.29, 0.717) is 42.3 Å². The van der Waals surface area contributed by atoms with E-state index in [-0.39, 0.29) is 5.69 Å². The van der Waals surface area contributed by atoms with E-state index in [2.05, 4.69) is 11.8 Å². The van der Waals surface area contributed by atoms with Crippen molar-refractivity contribution < 1.29 is 18.7 Å². The van der Waals surface area contributed by atoms with Gasteiger partial charge in [0.2, 0.25) is 0 Å². The van der Waals surface area contributed by atoms with Crippen LogP contribution in [0.5, 0.6) is 5.75 Å². The van der Waals surface area contributed by atoms with Gasteiger partial charge >= 0.3 is 0 Å². The fourth-order valence-electron chi connectivity index (χ4n) is 4.10. The van der Waals surface area contributed by atoms with Gasteiger partial charge in [-0.1, -0.05) is 31.2 Å². The predicted octanol–water partition coefficient (Wildman–Crippen LogP) is 3.15. The number of rotatable bonds is 6. The molecule has 1 saturated heterocycles. The van der Waals surface area contributed by atoms with Crippen molar-refractivity contribution >= 4 is 23.1 Å². The van der Waals surface area contributed by atoms with Crippen LogP contribution in [0.1, 0.15) is 19.4 Å². The Hall–Kier alpha value is -3.19. The topological polar surface area (TPSA) is 53.1 Å². The lowest BCUT2D eigenvalue weighted by Gasteiger charge is -2.36. The number of imide groups is 1. The fraction of sp³-hybridized carbons (Fsp3) is 0.333. The molecule has 0 radical (unpaired) electrons. The van der Waals surface area contributed by atoms with Crippen molar-refractivity contribution in [3.8, 4) is 5.75 Å². The summed E-state index contributed by atoms with van der Waals surface area (Å²) in [6, 6.07) is 13.0. The second-order valence-electron chi connectivity index (χ2n) is 7.50. The summed E-state index contributed by atoms with van der Waals surface area (Å²) >= 11 is 0. The molecule has 2 aromatic rings. The number of hydrogen-bond acceptors (Lipinski definition) is 5. The first-order valence-corrected chi connectivity index (χ1v) is 10.6. The number of hydrogen-bond donors (Lipinski definition) is 0. The summed E-state index contributed by atoms with van der Waals surface area (Å²) in [6.45, 7) is 8.35. The van der Waals surface area contributed by atoms with E-state index in [4.69, 9.17) is 4.74 Å². The molecule has 162 valence electrons. The van der Waals surface area contributed by atoms with Crippen molar-refractivity contribution in [1.29, 1.82) is 0 Å². The van der Waals surface area contributed by atoms with E-state index < -0.39 is 17.6 Å². The highest BCUT2D eigenvalue weighted by Crippen LogP contribution is 2.36. The number of likely N-dealkylation sites (N-methyl/N-ethyl adjacent to an activating group) is 1. The van der Waals surface area contributed by atoms with Crippen molar-refractivity contribution in [3.05, 3.63) is 65.6 Å². The molecule has 2 aliphatic rings. The minimum Gasteiger partial charge on any atom is -0.494 e. The first-order valence-electron chi connectivity index (χ1n) is 10.6. The monoisotopic (exact) mass is 423 g/mol. The van der Waals surface area contributed by atoms with Gasteiger partial charge in [0, 0.05) is 26.2 Å². The van der Waals surface area contributed by atoms with E-state index in [9.17, 15) is 14.0 Å². The number of carbonyl (C=O) groups is 2. The molecule has 0 unspecified atom stereocenters. The van der Waals surface area contributed by atoms with Gasteiger partial charge in [-0.2, -0.15) is 0 Å². The number of carbonyl (C=O) groups excluding carboxylic acids is 2. The van der Waals surface area contributed by atoms with Crippen LogP contribution in [-0.2, 0) is 9.59 Å². The van der Waals surface area contributed by atoms with Crippen molar-refractivity contribution in [1.82, 2.24) is 9.80 Å². The number of amides is 2. The highest BCUT2D eigenvalue weighted by molar-refractivity contribution is 6.45. The van der Waals surface area contributed by atoms with Gasteiger partial charge in [-0.15, -0.1) is 0 Å². The third kappa shape index (κ3) is 3.93. The van der Waals surface area contributed by atoms with Crippen LogP contribution in [0.3, 0.4) is 0 Å². The lowest BCUT2D eigenvalue weighted by Crippen LogP contribution is -2.47. The Morgan fingerprint density at radius 2 is 1.58 bits per heavy atom. The highest BCUT2D eigenvalue weighted by atomic mass is 19.1. The number of para-hydroxylation sites is 1. The van der Waals surface area contributed by atoms with Gasteiger partial charge in [-0.25, -0.2) is 9.29 Å². The minimum absolute atomic E-state index is 0.0249. The van der Waals surface area contributed by atoms with Gasteiger partial charge in [-0.05, 0) is 43.3 Å². The molecule has 0 atom stereocenters. The predicted molar refractivity (Wildman–Crippen MR) is 117 cm³/mol. The molecule has 2 heterocycles. The summed E-state index contributed by atoms with van der Waals surface area (Å²) in [4.78, 5) is 32.2. The molecule has 0 spiro atoms. The lowest BCUT2D eigenvalue weighted by molar-refractivity contribution is -0.120. The molecular weight excluding hydrogens is 397 g/mol. The van der Waals surface area contributed by atoms with E-state index in [1.807, 2.05) is 11.8 Å². The Bertz CT molecular complexity index is 1010. The summed E-state index contributed by atoms with van der Waals surface area (Å²) < 4.78 is 20.0. The minimum atomic E-state index is -0.604. The van der Waals surface area contributed by atoms with Crippen LogP contribution in [0.4, 0.5) is 10.1 Å². The quantitative estimate of drug-likeness (QED) is 0.669. The molecule has 1 fully saturated rings. The Kier molecular flexibility index (Phi) is 6.04. The highest BCUT2D eigenvalue weighted by Gasteiger charge is 2.43. The molecule has 0 N–H and O–H groups in total. The fourth-order valence-corrected chi connectivity index (χ4v) is 4.10. The molecule has 6 nitrogen and oxygen atoms in total.